The molecule has 1 N–H and O–H groups in total. The molecule has 0 atom stereocenters. The van der Waals surface area contributed by atoms with Crippen LogP contribution in [0.4, 0.5) is 0 Å². The van der Waals surface area contributed by atoms with Gasteiger partial charge in [0.05, 0.1) is 10.6 Å². The summed E-state index contributed by atoms with van der Waals surface area (Å²) in [6, 6.07) is 1.92. The summed E-state index contributed by atoms with van der Waals surface area (Å²) in [5, 5.41) is 10.7. The molecule has 0 bridgehead atoms. The van der Waals surface area contributed by atoms with Crippen molar-refractivity contribution < 1.29 is 14.6 Å². The van der Waals surface area contributed by atoms with Crippen LogP contribution in [-0.2, 0) is 6.42 Å². The van der Waals surface area contributed by atoms with Crippen LogP contribution in [-0.4, -0.2) is 17.5 Å². The first-order valence-electron chi connectivity index (χ1n) is 6.33. The highest BCUT2D eigenvalue weighted by Gasteiger charge is 2.41. The minimum absolute atomic E-state index is 0.225. The Bertz CT molecular complexity index is 492. The monoisotopic (exact) mass is 268 g/mol. The van der Waals surface area contributed by atoms with E-state index in [9.17, 15) is 5.11 Å². The fraction of sp³-hybridized carbons (Fsp3) is 0.571. The maximum atomic E-state index is 10.1. The molecule has 1 aliphatic carbocycles. The van der Waals surface area contributed by atoms with Crippen molar-refractivity contribution in [2.75, 3.05) is 6.79 Å². The second kappa shape index (κ2) is 4.04. The fourth-order valence-corrected chi connectivity index (χ4v) is 2.82. The number of aliphatic hydroxyl groups is 1. The van der Waals surface area contributed by atoms with Crippen LogP contribution in [0.5, 0.6) is 11.5 Å². The van der Waals surface area contributed by atoms with Gasteiger partial charge in [-0.15, -0.1) is 0 Å². The zero-order valence-corrected chi connectivity index (χ0v) is 11.4. The van der Waals surface area contributed by atoms with E-state index in [4.69, 9.17) is 21.1 Å². The molecule has 0 spiro atoms. The molecular weight excluding hydrogens is 252 g/mol. The molecular formula is C14H17ClO3. The van der Waals surface area contributed by atoms with Crippen molar-refractivity contribution >= 4 is 11.6 Å². The van der Waals surface area contributed by atoms with E-state index >= 15 is 0 Å². The molecule has 3 nitrogen and oxygen atoms in total. The van der Waals surface area contributed by atoms with E-state index in [1.165, 1.54) is 0 Å². The van der Waals surface area contributed by atoms with Gasteiger partial charge in [-0.1, -0.05) is 25.4 Å². The van der Waals surface area contributed by atoms with Crippen molar-refractivity contribution in [1.82, 2.24) is 0 Å². The lowest BCUT2D eigenvalue weighted by Gasteiger charge is -2.18. The van der Waals surface area contributed by atoms with Crippen LogP contribution in [0.2, 0.25) is 5.02 Å². The second-order valence-electron chi connectivity index (χ2n) is 5.55. The van der Waals surface area contributed by atoms with Gasteiger partial charge in [0, 0.05) is 12.0 Å². The van der Waals surface area contributed by atoms with E-state index in [0.717, 1.165) is 29.7 Å². The average molecular weight is 269 g/mol. The largest absolute Gasteiger partial charge is 0.453 e. The minimum atomic E-state index is -0.527. The summed E-state index contributed by atoms with van der Waals surface area (Å²) in [6.07, 6.45) is 2.39. The van der Waals surface area contributed by atoms with Gasteiger partial charge in [-0.2, -0.15) is 0 Å². The summed E-state index contributed by atoms with van der Waals surface area (Å²) in [7, 11) is 0. The van der Waals surface area contributed by atoms with Crippen molar-refractivity contribution in [3.8, 4) is 11.5 Å². The van der Waals surface area contributed by atoms with Gasteiger partial charge >= 0.3 is 0 Å². The maximum Gasteiger partial charge on any atom is 0.231 e. The molecule has 1 fully saturated rings. The van der Waals surface area contributed by atoms with Crippen molar-refractivity contribution in [3.63, 3.8) is 0 Å². The van der Waals surface area contributed by atoms with Gasteiger partial charge in [-0.25, -0.2) is 0 Å². The third-order valence-electron chi connectivity index (χ3n) is 3.65. The molecule has 1 aromatic rings. The summed E-state index contributed by atoms with van der Waals surface area (Å²) in [5.74, 6) is 1.72. The number of halogens is 1. The zero-order chi connectivity index (χ0) is 12.9. The topological polar surface area (TPSA) is 38.7 Å². The molecule has 3 rings (SSSR count). The van der Waals surface area contributed by atoms with Gasteiger partial charge < -0.3 is 14.6 Å². The number of hydrogen-bond acceptors (Lipinski definition) is 3. The zero-order valence-electron chi connectivity index (χ0n) is 10.6. The molecule has 2 aliphatic rings. The maximum absolute atomic E-state index is 10.1. The van der Waals surface area contributed by atoms with Crippen molar-refractivity contribution in [3.05, 3.63) is 22.2 Å². The Hall–Kier alpha value is -0.930. The van der Waals surface area contributed by atoms with Gasteiger partial charge in [-0.05, 0) is 30.4 Å². The summed E-state index contributed by atoms with van der Waals surface area (Å²) in [4.78, 5) is 0. The Morgan fingerprint density at radius 3 is 2.61 bits per heavy atom. The van der Waals surface area contributed by atoms with Crippen LogP contribution < -0.4 is 9.47 Å². The van der Waals surface area contributed by atoms with E-state index in [0.29, 0.717) is 23.1 Å². The SMILES string of the molecule is CC(C)c1c(CC2(O)CC2)cc(Cl)c2c1OCO2. The highest BCUT2D eigenvalue weighted by Crippen LogP contribution is 2.48. The van der Waals surface area contributed by atoms with Crippen LogP contribution in [0.25, 0.3) is 0 Å². The molecule has 1 aromatic carbocycles. The lowest BCUT2D eigenvalue weighted by molar-refractivity contribution is 0.150. The van der Waals surface area contributed by atoms with E-state index in [1.54, 1.807) is 0 Å². The molecule has 1 saturated carbocycles. The average Bonchev–Trinajstić information content (AvgIpc) is 2.82. The number of fused-ring (bicyclic) bond motifs is 1. The second-order valence-corrected chi connectivity index (χ2v) is 5.96. The van der Waals surface area contributed by atoms with E-state index in [2.05, 4.69) is 13.8 Å². The molecule has 1 aliphatic heterocycles. The van der Waals surface area contributed by atoms with Crippen molar-refractivity contribution in [2.45, 2.75) is 44.6 Å². The smallest absolute Gasteiger partial charge is 0.231 e. The van der Waals surface area contributed by atoms with Crippen LogP contribution in [0.3, 0.4) is 0 Å². The standard InChI is InChI=1S/C14H17ClO3/c1-8(2)11-9(6-14(16)3-4-14)5-10(15)12-13(11)18-7-17-12/h5,8,16H,3-4,6-7H2,1-2H3. The van der Waals surface area contributed by atoms with E-state index < -0.39 is 5.60 Å². The summed E-state index contributed by atoms with van der Waals surface area (Å²) < 4.78 is 11.0. The summed E-state index contributed by atoms with van der Waals surface area (Å²) in [6.45, 7) is 4.46. The lowest BCUT2D eigenvalue weighted by atomic mass is 9.91. The Labute approximate surface area is 112 Å². The molecule has 0 amide bonds. The molecule has 4 heteroatoms. The van der Waals surface area contributed by atoms with Crippen molar-refractivity contribution in [1.29, 1.82) is 0 Å². The Morgan fingerprint density at radius 1 is 1.33 bits per heavy atom. The molecule has 0 saturated heterocycles. The molecule has 98 valence electrons. The number of rotatable bonds is 3. The number of ether oxygens (including phenoxy) is 2. The Morgan fingerprint density at radius 2 is 2.00 bits per heavy atom. The number of benzene rings is 1. The predicted molar refractivity (Wildman–Crippen MR) is 69.6 cm³/mol. The Balaban J connectivity index is 2.09. The summed E-state index contributed by atoms with van der Waals surface area (Å²) in [5.41, 5.74) is 1.67. The highest BCUT2D eigenvalue weighted by atomic mass is 35.5. The number of hydrogen-bond donors (Lipinski definition) is 1. The fourth-order valence-electron chi connectivity index (χ4n) is 2.55. The quantitative estimate of drug-likeness (QED) is 0.914. The normalized spacial score (nSPS) is 19.4. The van der Waals surface area contributed by atoms with Gasteiger partial charge in [-0.3, -0.25) is 0 Å². The molecule has 0 unspecified atom stereocenters. The molecule has 18 heavy (non-hydrogen) atoms. The lowest BCUT2D eigenvalue weighted by Crippen LogP contribution is -2.13. The third kappa shape index (κ3) is 1.95. The Kier molecular flexibility index (Phi) is 2.72. The van der Waals surface area contributed by atoms with Gasteiger partial charge in [0.15, 0.2) is 11.5 Å². The van der Waals surface area contributed by atoms with Crippen LogP contribution in [0, 0.1) is 0 Å². The molecule has 0 aromatic heterocycles. The van der Waals surface area contributed by atoms with Crippen molar-refractivity contribution in [2.24, 2.45) is 0 Å². The van der Waals surface area contributed by atoms with Gasteiger partial charge in [0.2, 0.25) is 6.79 Å². The molecule has 1 heterocycles. The predicted octanol–water partition coefficient (Wildman–Crippen LogP) is 3.26. The van der Waals surface area contributed by atoms with E-state index in [1.807, 2.05) is 6.07 Å². The minimum Gasteiger partial charge on any atom is -0.453 e. The highest BCUT2D eigenvalue weighted by molar-refractivity contribution is 6.32. The first kappa shape index (κ1) is 12.1. The van der Waals surface area contributed by atoms with Gasteiger partial charge in [0.25, 0.3) is 0 Å². The van der Waals surface area contributed by atoms with E-state index in [-0.39, 0.29) is 6.79 Å². The third-order valence-corrected chi connectivity index (χ3v) is 3.93. The summed E-state index contributed by atoms with van der Waals surface area (Å²) >= 11 is 6.21. The molecule has 0 radical (unpaired) electrons. The van der Waals surface area contributed by atoms with Crippen LogP contribution in [0.15, 0.2) is 6.07 Å². The van der Waals surface area contributed by atoms with Crippen LogP contribution >= 0.6 is 11.6 Å². The first-order valence-corrected chi connectivity index (χ1v) is 6.71. The van der Waals surface area contributed by atoms with Crippen LogP contribution in [0.1, 0.15) is 43.7 Å². The van der Waals surface area contributed by atoms with Gasteiger partial charge in [0.1, 0.15) is 0 Å². The first-order chi connectivity index (χ1) is 8.50.